The zero-order chi connectivity index (χ0) is 11.6. The SMILES string of the molecule is CCOC(=O)C1(O)CCC2(CCCC2)CC1. The van der Waals surface area contributed by atoms with Crippen molar-refractivity contribution in [1.29, 1.82) is 0 Å². The van der Waals surface area contributed by atoms with Crippen LogP contribution in [0, 0.1) is 5.41 Å². The lowest BCUT2D eigenvalue weighted by molar-refractivity contribution is -0.171. The van der Waals surface area contributed by atoms with Gasteiger partial charge in [0, 0.05) is 0 Å². The molecular weight excluding hydrogens is 204 g/mol. The van der Waals surface area contributed by atoms with Crippen LogP contribution in [0.5, 0.6) is 0 Å². The summed E-state index contributed by atoms with van der Waals surface area (Å²) < 4.78 is 4.95. The van der Waals surface area contributed by atoms with Crippen LogP contribution in [0.1, 0.15) is 58.3 Å². The maximum Gasteiger partial charge on any atom is 0.338 e. The van der Waals surface area contributed by atoms with E-state index in [9.17, 15) is 9.90 Å². The van der Waals surface area contributed by atoms with Gasteiger partial charge in [-0.25, -0.2) is 4.79 Å². The van der Waals surface area contributed by atoms with Gasteiger partial charge in [-0.3, -0.25) is 0 Å². The molecule has 2 aliphatic carbocycles. The van der Waals surface area contributed by atoms with Gasteiger partial charge in [0.05, 0.1) is 6.61 Å². The predicted octanol–water partition coefficient (Wildman–Crippen LogP) is 2.42. The van der Waals surface area contributed by atoms with Crippen LogP contribution >= 0.6 is 0 Å². The van der Waals surface area contributed by atoms with E-state index < -0.39 is 11.6 Å². The Hall–Kier alpha value is -0.570. The Kier molecular flexibility index (Phi) is 3.24. The Bertz CT molecular complexity index is 256. The molecule has 0 aromatic carbocycles. The van der Waals surface area contributed by atoms with Crippen molar-refractivity contribution in [3.05, 3.63) is 0 Å². The molecule has 0 aliphatic heterocycles. The molecule has 3 heteroatoms. The maximum absolute atomic E-state index is 11.7. The summed E-state index contributed by atoms with van der Waals surface area (Å²) in [4.78, 5) is 11.7. The average molecular weight is 226 g/mol. The van der Waals surface area contributed by atoms with Crippen molar-refractivity contribution in [1.82, 2.24) is 0 Å². The van der Waals surface area contributed by atoms with Gasteiger partial charge in [0.2, 0.25) is 0 Å². The van der Waals surface area contributed by atoms with Crippen molar-refractivity contribution >= 4 is 5.97 Å². The number of ether oxygens (including phenoxy) is 1. The summed E-state index contributed by atoms with van der Waals surface area (Å²) in [6, 6.07) is 0. The van der Waals surface area contributed by atoms with Crippen molar-refractivity contribution < 1.29 is 14.6 Å². The van der Waals surface area contributed by atoms with Crippen molar-refractivity contribution in [2.24, 2.45) is 5.41 Å². The molecule has 0 amide bonds. The minimum Gasteiger partial charge on any atom is -0.464 e. The van der Waals surface area contributed by atoms with E-state index in [1.54, 1.807) is 6.92 Å². The molecule has 92 valence electrons. The van der Waals surface area contributed by atoms with Gasteiger partial charge >= 0.3 is 5.97 Å². The molecule has 0 bridgehead atoms. The topological polar surface area (TPSA) is 46.5 Å². The van der Waals surface area contributed by atoms with Crippen LogP contribution in [0.25, 0.3) is 0 Å². The van der Waals surface area contributed by atoms with Crippen LogP contribution in [0.2, 0.25) is 0 Å². The molecular formula is C13H22O3. The van der Waals surface area contributed by atoms with Gasteiger partial charge in [0.15, 0.2) is 5.60 Å². The first-order valence-corrected chi connectivity index (χ1v) is 6.50. The molecule has 2 saturated carbocycles. The third kappa shape index (κ3) is 2.10. The highest BCUT2D eigenvalue weighted by atomic mass is 16.5. The monoisotopic (exact) mass is 226 g/mol. The van der Waals surface area contributed by atoms with Crippen molar-refractivity contribution in [3.63, 3.8) is 0 Å². The van der Waals surface area contributed by atoms with Crippen LogP contribution in [0.4, 0.5) is 0 Å². The lowest BCUT2D eigenvalue weighted by Gasteiger charge is -2.40. The molecule has 0 radical (unpaired) electrons. The van der Waals surface area contributed by atoms with Crippen LogP contribution in [-0.4, -0.2) is 23.3 Å². The fourth-order valence-corrected chi connectivity index (χ4v) is 3.29. The summed E-state index contributed by atoms with van der Waals surface area (Å²) in [5.41, 5.74) is -0.747. The third-order valence-electron chi connectivity index (χ3n) is 4.46. The first-order valence-electron chi connectivity index (χ1n) is 6.50. The first kappa shape index (κ1) is 11.9. The molecule has 0 atom stereocenters. The lowest BCUT2D eigenvalue weighted by atomic mass is 9.68. The van der Waals surface area contributed by atoms with E-state index in [-0.39, 0.29) is 0 Å². The van der Waals surface area contributed by atoms with Crippen LogP contribution in [0.3, 0.4) is 0 Å². The Labute approximate surface area is 97.2 Å². The van der Waals surface area contributed by atoms with E-state index in [1.807, 2.05) is 0 Å². The molecule has 16 heavy (non-hydrogen) atoms. The predicted molar refractivity (Wildman–Crippen MR) is 61.0 cm³/mol. The second-order valence-corrected chi connectivity index (χ2v) is 5.46. The molecule has 2 rings (SSSR count). The highest BCUT2D eigenvalue weighted by Gasteiger charge is 2.47. The van der Waals surface area contributed by atoms with E-state index in [4.69, 9.17) is 4.74 Å². The molecule has 0 saturated heterocycles. The smallest absolute Gasteiger partial charge is 0.338 e. The number of esters is 1. The summed E-state index contributed by atoms with van der Waals surface area (Å²) in [7, 11) is 0. The van der Waals surface area contributed by atoms with Crippen LogP contribution in [-0.2, 0) is 9.53 Å². The molecule has 1 spiro atoms. The number of aliphatic hydroxyl groups is 1. The van der Waals surface area contributed by atoms with Crippen molar-refractivity contribution in [2.75, 3.05) is 6.61 Å². The molecule has 2 fully saturated rings. The number of hydrogen-bond donors (Lipinski definition) is 1. The first-order chi connectivity index (χ1) is 7.60. The molecule has 0 unspecified atom stereocenters. The molecule has 3 nitrogen and oxygen atoms in total. The normalized spacial score (nSPS) is 26.9. The van der Waals surface area contributed by atoms with Gasteiger partial charge in [-0.1, -0.05) is 12.8 Å². The second-order valence-electron chi connectivity index (χ2n) is 5.46. The third-order valence-corrected chi connectivity index (χ3v) is 4.46. The largest absolute Gasteiger partial charge is 0.464 e. The fraction of sp³-hybridized carbons (Fsp3) is 0.923. The van der Waals surface area contributed by atoms with Crippen LogP contribution < -0.4 is 0 Å². The summed E-state index contributed by atoms with van der Waals surface area (Å²) >= 11 is 0. The second kappa shape index (κ2) is 4.36. The number of carbonyl (C=O) groups is 1. The standard InChI is InChI=1S/C13H22O3/c1-2-16-11(14)13(15)9-7-12(8-10-13)5-3-4-6-12/h15H,2-10H2,1H3. The van der Waals surface area contributed by atoms with E-state index in [0.29, 0.717) is 24.9 Å². The summed E-state index contributed by atoms with van der Waals surface area (Å²) in [5.74, 6) is -0.414. The van der Waals surface area contributed by atoms with Gasteiger partial charge in [0.1, 0.15) is 0 Å². The molecule has 0 heterocycles. The van der Waals surface area contributed by atoms with E-state index >= 15 is 0 Å². The van der Waals surface area contributed by atoms with Crippen molar-refractivity contribution in [3.8, 4) is 0 Å². The minimum absolute atomic E-state index is 0.353. The quantitative estimate of drug-likeness (QED) is 0.735. The Balaban J connectivity index is 1.95. The van der Waals surface area contributed by atoms with E-state index in [2.05, 4.69) is 0 Å². The number of carbonyl (C=O) groups excluding carboxylic acids is 1. The molecule has 2 aliphatic rings. The van der Waals surface area contributed by atoms with Gasteiger partial charge in [-0.15, -0.1) is 0 Å². The number of hydrogen-bond acceptors (Lipinski definition) is 3. The fourth-order valence-electron chi connectivity index (χ4n) is 3.29. The highest BCUT2D eigenvalue weighted by molar-refractivity contribution is 5.79. The molecule has 1 N–H and O–H groups in total. The maximum atomic E-state index is 11.7. The van der Waals surface area contributed by atoms with Gasteiger partial charge in [-0.2, -0.15) is 0 Å². The van der Waals surface area contributed by atoms with Crippen LogP contribution in [0.15, 0.2) is 0 Å². The van der Waals surface area contributed by atoms with Gasteiger partial charge in [0.25, 0.3) is 0 Å². The summed E-state index contributed by atoms with van der Waals surface area (Å²) in [5, 5.41) is 10.2. The van der Waals surface area contributed by atoms with Gasteiger partial charge in [-0.05, 0) is 50.9 Å². The Morgan fingerprint density at radius 3 is 2.19 bits per heavy atom. The van der Waals surface area contributed by atoms with Gasteiger partial charge < -0.3 is 9.84 Å². The minimum atomic E-state index is -1.19. The van der Waals surface area contributed by atoms with Crippen molar-refractivity contribution in [2.45, 2.75) is 63.9 Å². The summed E-state index contributed by atoms with van der Waals surface area (Å²) in [6.45, 7) is 2.13. The summed E-state index contributed by atoms with van der Waals surface area (Å²) in [6.07, 6.45) is 8.36. The highest BCUT2D eigenvalue weighted by Crippen LogP contribution is 2.51. The zero-order valence-corrected chi connectivity index (χ0v) is 10.1. The Morgan fingerprint density at radius 2 is 1.69 bits per heavy atom. The Morgan fingerprint density at radius 1 is 1.12 bits per heavy atom. The van der Waals surface area contributed by atoms with E-state index in [0.717, 1.165) is 12.8 Å². The lowest BCUT2D eigenvalue weighted by Crippen LogP contribution is -2.45. The molecule has 0 aromatic heterocycles. The number of rotatable bonds is 2. The molecule has 0 aromatic rings. The zero-order valence-electron chi connectivity index (χ0n) is 10.1. The average Bonchev–Trinajstić information content (AvgIpc) is 2.73. The van der Waals surface area contributed by atoms with E-state index in [1.165, 1.54) is 25.7 Å².